The van der Waals surface area contributed by atoms with Crippen molar-refractivity contribution < 1.29 is 19.1 Å². The predicted molar refractivity (Wildman–Crippen MR) is 64.8 cm³/mol. The summed E-state index contributed by atoms with van der Waals surface area (Å²) in [6.07, 6.45) is 0.448. The number of primary amides is 1. The molecule has 0 saturated heterocycles. The molecule has 0 aliphatic heterocycles. The van der Waals surface area contributed by atoms with Gasteiger partial charge in [-0.1, -0.05) is 6.92 Å². The Hall–Kier alpha value is -2.11. The minimum absolute atomic E-state index is 0.0725. The number of halogens is 1. The second-order valence-corrected chi connectivity index (χ2v) is 3.88. The predicted octanol–water partition coefficient (Wildman–Crippen LogP) is 1.45. The van der Waals surface area contributed by atoms with E-state index in [9.17, 15) is 14.0 Å². The van der Waals surface area contributed by atoms with Crippen molar-refractivity contribution in [3.8, 4) is 0 Å². The van der Waals surface area contributed by atoms with Gasteiger partial charge in [-0.15, -0.1) is 0 Å². The van der Waals surface area contributed by atoms with Gasteiger partial charge in [0.05, 0.1) is 11.6 Å². The van der Waals surface area contributed by atoms with Gasteiger partial charge in [0.25, 0.3) is 0 Å². The van der Waals surface area contributed by atoms with Gasteiger partial charge >= 0.3 is 5.97 Å². The summed E-state index contributed by atoms with van der Waals surface area (Å²) in [5.41, 5.74) is 5.24. The molecule has 1 amide bonds. The van der Waals surface area contributed by atoms with E-state index in [1.165, 1.54) is 12.1 Å². The van der Waals surface area contributed by atoms with E-state index in [-0.39, 0.29) is 17.8 Å². The zero-order chi connectivity index (χ0) is 13.7. The molecular weight excluding hydrogens is 239 g/mol. The van der Waals surface area contributed by atoms with Gasteiger partial charge in [-0.2, -0.15) is 0 Å². The fourth-order valence-electron chi connectivity index (χ4n) is 1.45. The van der Waals surface area contributed by atoms with E-state index < -0.39 is 23.6 Å². The number of rotatable bonds is 6. The Kier molecular flexibility index (Phi) is 4.65. The number of nitrogens with one attached hydrogen (secondary N) is 1. The summed E-state index contributed by atoms with van der Waals surface area (Å²) in [5.74, 6) is -2.86. The van der Waals surface area contributed by atoms with E-state index in [1.807, 2.05) is 0 Å². The van der Waals surface area contributed by atoms with E-state index >= 15 is 0 Å². The van der Waals surface area contributed by atoms with Gasteiger partial charge in [-0.3, -0.25) is 9.59 Å². The first-order valence-corrected chi connectivity index (χ1v) is 5.51. The molecule has 0 aliphatic rings. The number of aliphatic carboxylic acids is 1. The van der Waals surface area contributed by atoms with Crippen molar-refractivity contribution in [3.05, 3.63) is 29.6 Å². The van der Waals surface area contributed by atoms with Gasteiger partial charge in [0, 0.05) is 12.1 Å². The summed E-state index contributed by atoms with van der Waals surface area (Å²) in [6.45, 7) is 1.87. The highest BCUT2D eigenvalue weighted by molar-refractivity contribution is 5.93. The lowest BCUT2D eigenvalue weighted by Gasteiger charge is -2.13. The molecule has 0 aromatic heterocycles. The molecule has 1 atom stereocenters. The number of hydrogen-bond donors (Lipinski definition) is 3. The molecule has 0 radical (unpaired) electrons. The second kappa shape index (κ2) is 6.00. The highest BCUT2D eigenvalue weighted by atomic mass is 19.1. The molecule has 1 unspecified atom stereocenters. The maximum Gasteiger partial charge on any atom is 0.308 e. The van der Waals surface area contributed by atoms with Crippen LogP contribution < -0.4 is 11.1 Å². The molecule has 1 rings (SSSR count). The molecule has 0 bridgehead atoms. The third kappa shape index (κ3) is 3.44. The van der Waals surface area contributed by atoms with Crippen molar-refractivity contribution in [1.82, 2.24) is 0 Å². The van der Waals surface area contributed by atoms with Gasteiger partial charge in [0.15, 0.2) is 0 Å². The van der Waals surface area contributed by atoms with Crippen LogP contribution in [0.1, 0.15) is 23.7 Å². The highest BCUT2D eigenvalue weighted by Gasteiger charge is 2.15. The SMILES string of the molecule is CCC(CNc1ccc(C(N)=O)cc1F)C(=O)O. The summed E-state index contributed by atoms with van der Waals surface area (Å²) in [5, 5.41) is 11.5. The molecule has 5 nitrogen and oxygen atoms in total. The van der Waals surface area contributed by atoms with Gasteiger partial charge in [0.2, 0.25) is 5.91 Å². The zero-order valence-electron chi connectivity index (χ0n) is 9.94. The van der Waals surface area contributed by atoms with Crippen molar-refractivity contribution in [2.45, 2.75) is 13.3 Å². The van der Waals surface area contributed by atoms with Crippen LogP contribution in [0.3, 0.4) is 0 Å². The van der Waals surface area contributed by atoms with Crippen molar-refractivity contribution in [1.29, 1.82) is 0 Å². The number of carbonyl (C=O) groups excluding carboxylic acids is 1. The number of nitrogens with two attached hydrogens (primary N) is 1. The minimum Gasteiger partial charge on any atom is -0.481 e. The lowest BCUT2D eigenvalue weighted by molar-refractivity contribution is -0.141. The van der Waals surface area contributed by atoms with E-state index in [0.717, 1.165) is 6.07 Å². The van der Waals surface area contributed by atoms with E-state index in [2.05, 4.69) is 5.32 Å². The lowest BCUT2D eigenvalue weighted by Crippen LogP contribution is -2.22. The lowest BCUT2D eigenvalue weighted by atomic mass is 10.1. The molecule has 0 saturated carbocycles. The van der Waals surface area contributed by atoms with E-state index in [0.29, 0.717) is 6.42 Å². The number of carbonyl (C=O) groups is 2. The number of amides is 1. The summed E-state index contributed by atoms with van der Waals surface area (Å²) in [6, 6.07) is 3.77. The fourth-order valence-corrected chi connectivity index (χ4v) is 1.45. The smallest absolute Gasteiger partial charge is 0.308 e. The quantitative estimate of drug-likeness (QED) is 0.716. The first-order valence-electron chi connectivity index (χ1n) is 5.51. The van der Waals surface area contributed by atoms with Crippen LogP contribution in [0.5, 0.6) is 0 Å². The largest absolute Gasteiger partial charge is 0.481 e. The minimum atomic E-state index is -0.931. The van der Waals surface area contributed by atoms with Crippen molar-refractivity contribution in [2.24, 2.45) is 11.7 Å². The first kappa shape index (κ1) is 14.0. The molecule has 1 aromatic rings. The first-order chi connectivity index (χ1) is 8.45. The molecule has 0 heterocycles. The van der Waals surface area contributed by atoms with Crippen LogP contribution in [-0.2, 0) is 4.79 Å². The van der Waals surface area contributed by atoms with Crippen LogP contribution >= 0.6 is 0 Å². The summed E-state index contributed by atoms with van der Waals surface area (Å²) in [7, 11) is 0. The molecule has 18 heavy (non-hydrogen) atoms. The average Bonchev–Trinajstić information content (AvgIpc) is 2.30. The molecule has 1 aromatic carbocycles. The maximum absolute atomic E-state index is 13.5. The summed E-state index contributed by atoms with van der Waals surface area (Å²) >= 11 is 0. The number of hydrogen-bond acceptors (Lipinski definition) is 3. The number of benzene rings is 1. The molecule has 6 heteroatoms. The van der Waals surface area contributed by atoms with Gasteiger partial charge < -0.3 is 16.2 Å². The Morgan fingerprint density at radius 2 is 2.17 bits per heavy atom. The molecule has 0 fully saturated rings. The van der Waals surface area contributed by atoms with Crippen LogP contribution in [0.15, 0.2) is 18.2 Å². The maximum atomic E-state index is 13.5. The van der Waals surface area contributed by atoms with E-state index in [4.69, 9.17) is 10.8 Å². The third-order valence-corrected chi connectivity index (χ3v) is 2.63. The molecule has 4 N–H and O–H groups in total. The van der Waals surface area contributed by atoms with Crippen LogP contribution in [-0.4, -0.2) is 23.5 Å². The topological polar surface area (TPSA) is 92.4 Å². The standard InChI is InChI=1S/C12H15FN2O3/c1-2-7(12(17)18)6-15-10-4-3-8(11(14)16)5-9(10)13/h3-5,7,15H,2,6H2,1H3,(H2,14,16)(H,17,18). The average molecular weight is 254 g/mol. The van der Waals surface area contributed by atoms with E-state index in [1.54, 1.807) is 6.92 Å². The molecular formula is C12H15FN2O3. The molecule has 0 spiro atoms. The van der Waals surface area contributed by atoms with Crippen LogP contribution in [0.4, 0.5) is 10.1 Å². The fraction of sp³-hybridized carbons (Fsp3) is 0.333. The number of carboxylic acid groups (broad SMARTS) is 1. The Morgan fingerprint density at radius 1 is 1.50 bits per heavy atom. The molecule has 0 aliphatic carbocycles. The Balaban J connectivity index is 2.74. The van der Waals surface area contributed by atoms with Crippen molar-refractivity contribution >= 4 is 17.6 Å². The Morgan fingerprint density at radius 3 is 2.61 bits per heavy atom. The Labute approximate surface area is 104 Å². The van der Waals surface area contributed by atoms with Crippen molar-refractivity contribution in [2.75, 3.05) is 11.9 Å². The summed E-state index contributed by atoms with van der Waals surface area (Å²) in [4.78, 5) is 21.6. The highest BCUT2D eigenvalue weighted by Crippen LogP contribution is 2.16. The number of carboxylic acids is 1. The van der Waals surface area contributed by atoms with Crippen LogP contribution in [0.25, 0.3) is 0 Å². The second-order valence-electron chi connectivity index (χ2n) is 3.88. The molecule has 98 valence electrons. The summed E-state index contributed by atoms with van der Waals surface area (Å²) < 4.78 is 13.5. The van der Waals surface area contributed by atoms with Crippen LogP contribution in [0.2, 0.25) is 0 Å². The normalized spacial score (nSPS) is 11.9. The third-order valence-electron chi connectivity index (χ3n) is 2.63. The monoisotopic (exact) mass is 254 g/mol. The Bertz CT molecular complexity index is 463. The van der Waals surface area contributed by atoms with Gasteiger partial charge in [-0.25, -0.2) is 4.39 Å². The van der Waals surface area contributed by atoms with Crippen LogP contribution in [0, 0.1) is 11.7 Å². The zero-order valence-corrected chi connectivity index (χ0v) is 9.94. The van der Waals surface area contributed by atoms with Gasteiger partial charge in [0.1, 0.15) is 5.82 Å². The van der Waals surface area contributed by atoms with Gasteiger partial charge in [-0.05, 0) is 24.6 Å². The number of anilines is 1. The van der Waals surface area contributed by atoms with Crippen molar-refractivity contribution in [3.63, 3.8) is 0 Å².